The predicted molar refractivity (Wildman–Crippen MR) is 92.1 cm³/mol. The summed E-state index contributed by atoms with van der Waals surface area (Å²) in [5.41, 5.74) is -0.536. The average Bonchev–Trinajstić information content (AvgIpc) is 2.89. The first-order chi connectivity index (χ1) is 11.7. The summed E-state index contributed by atoms with van der Waals surface area (Å²) in [7, 11) is 1.52. The Morgan fingerprint density at radius 2 is 2.12 bits per heavy atom. The van der Waals surface area contributed by atoms with Crippen LogP contribution in [-0.4, -0.2) is 45.5 Å². The molecule has 1 saturated carbocycles. The molecular formula is C17H27N3O5. The molecule has 0 radical (unpaired) electrons. The molecule has 1 aliphatic carbocycles. The number of nitrogens with zero attached hydrogens (tertiary/aromatic N) is 2. The standard InChI is InChI=1S/C17H27N3O5/c1-17(2,3)15(23)18-14-11(9-25-4)7-20(16(24)19-14)12-5-10(8-21)13(22)6-12/h7,10,12-13,21-22H,5-6,8-9H2,1-4H3,(H,18,19,23,24)/t10-,12-,13+/m1/s1. The Morgan fingerprint density at radius 1 is 1.44 bits per heavy atom. The van der Waals surface area contributed by atoms with Crippen LogP contribution in [0.2, 0.25) is 0 Å². The number of ether oxygens (including phenoxy) is 1. The molecule has 8 heteroatoms. The Kier molecular flexibility index (Phi) is 5.97. The van der Waals surface area contributed by atoms with E-state index in [1.807, 2.05) is 0 Å². The largest absolute Gasteiger partial charge is 0.396 e. The number of nitrogens with one attached hydrogen (secondary N) is 1. The van der Waals surface area contributed by atoms with Crippen molar-refractivity contribution in [3.05, 3.63) is 22.2 Å². The molecule has 0 unspecified atom stereocenters. The quantitative estimate of drug-likeness (QED) is 0.717. The summed E-state index contributed by atoms with van der Waals surface area (Å²) in [5, 5.41) is 22.0. The van der Waals surface area contributed by atoms with Gasteiger partial charge in [0.15, 0.2) is 0 Å². The van der Waals surface area contributed by atoms with Crippen molar-refractivity contribution in [2.45, 2.75) is 52.4 Å². The van der Waals surface area contributed by atoms with Crippen molar-refractivity contribution in [1.82, 2.24) is 9.55 Å². The van der Waals surface area contributed by atoms with Crippen molar-refractivity contribution in [3.63, 3.8) is 0 Å². The molecule has 8 nitrogen and oxygen atoms in total. The molecule has 140 valence electrons. The van der Waals surface area contributed by atoms with E-state index < -0.39 is 17.2 Å². The van der Waals surface area contributed by atoms with Crippen molar-refractivity contribution in [2.75, 3.05) is 19.0 Å². The number of hydrogen-bond acceptors (Lipinski definition) is 6. The van der Waals surface area contributed by atoms with Gasteiger partial charge in [-0.05, 0) is 12.8 Å². The molecule has 1 heterocycles. The highest BCUT2D eigenvalue weighted by Gasteiger charge is 2.34. The van der Waals surface area contributed by atoms with Crippen LogP contribution in [0.25, 0.3) is 0 Å². The van der Waals surface area contributed by atoms with Gasteiger partial charge in [0.25, 0.3) is 0 Å². The van der Waals surface area contributed by atoms with E-state index in [2.05, 4.69) is 10.3 Å². The molecule has 1 aliphatic rings. The Bertz CT molecular complexity index is 680. The number of methoxy groups -OCH3 is 1. The van der Waals surface area contributed by atoms with Gasteiger partial charge in [-0.1, -0.05) is 20.8 Å². The molecule has 3 atom stereocenters. The summed E-state index contributed by atoms with van der Waals surface area (Å²) in [5.74, 6) is -0.297. The number of hydrogen-bond donors (Lipinski definition) is 3. The van der Waals surface area contributed by atoms with Crippen LogP contribution >= 0.6 is 0 Å². The van der Waals surface area contributed by atoms with Gasteiger partial charge in [-0.2, -0.15) is 4.98 Å². The molecule has 1 amide bonds. The smallest absolute Gasteiger partial charge is 0.349 e. The number of aliphatic hydroxyl groups excluding tert-OH is 2. The molecule has 2 rings (SSSR count). The third kappa shape index (κ3) is 4.45. The van der Waals surface area contributed by atoms with Crippen LogP contribution in [0.15, 0.2) is 11.0 Å². The van der Waals surface area contributed by atoms with E-state index in [4.69, 9.17) is 4.74 Å². The van der Waals surface area contributed by atoms with E-state index in [1.165, 1.54) is 11.7 Å². The van der Waals surface area contributed by atoms with E-state index in [0.717, 1.165) is 0 Å². The van der Waals surface area contributed by atoms with Crippen LogP contribution in [0.1, 0.15) is 45.2 Å². The van der Waals surface area contributed by atoms with Gasteiger partial charge in [0.05, 0.1) is 12.7 Å². The minimum atomic E-state index is -0.645. The summed E-state index contributed by atoms with van der Waals surface area (Å²) in [6.45, 7) is 5.38. The molecule has 0 aromatic carbocycles. The van der Waals surface area contributed by atoms with Gasteiger partial charge in [-0.25, -0.2) is 4.79 Å². The third-order valence-corrected chi connectivity index (χ3v) is 4.50. The number of anilines is 1. The predicted octanol–water partition coefficient (Wildman–Crippen LogP) is 0.679. The lowest BCUT2D eigenvalue weighted by Crippen LogP contribution is -2.32. The molecule has 0 aliphatic heterocycles. The van der Waals surface area contributed by atoms with Gasteiger partial charge in [0, 0.05) is 42.9 Å². The lowest BCUT2D eigenvalue weighted by molar-refractivity contribution is -0.123. The van der Waals surface area contributed by atoms with Crippen LogP contribution in [0.3, 0.4) is 0 Å². The summed E-state index contributed by atoms with van der Waals surface area (Å²) in [6.07, 6.45) is 1.86. The Morgan fingerprint density at radius 3 is 2.64 bits per heavy atom. The number of aromatic nitrogens is 2. The van der Waals surface area contributed by atoms with E-state index in [1.54, 1.807) is 27.0 Å². The first-order valence-electron chi connectivity index (χ1n) is 8.38. The van der Waals surface area contributed by atoms with Crippen LogP contribution in [0, 0.1) is 11.3 Å². The second-order valence-electron chi connectivity index (χ2n) is 7.58. The van der Waals surface area contributed by atoms with Gasteiger partial charge in [0.2, 0.25) is 5.91 Å². The molecular weight excluding hydrogens is 326 g/mol. The van der Waals surface area contributed by atoms with Crippen molar-refractivity contribution < 1.29 is 19.7 Å². The third-order valence-electron chi connectivity index (χ3n) is 4.50. The van der Waals surface area contributed by atoms with Crippen molar-refractivity contribution in [3.8, 4) is 0 Å². The van der Waals surface area contributed by atoms with Crippen LogP contribution in [0.4, 0.5) is 5.82 Å². The van der Waals surface area contributed by atoms with Gasteiger partial charge >= 0.3 is 5.69 Å². The van der Waals surface area contributed by atoms with E-state index in [9.17, 15) is 19.8 Å². The minimum absolute atomic E-state index is 0.121. The highest BCUT2D eigenvalue weighted by atomic mass is 16.5. The van der Waals surface area contributed by atoms with Crippen LogP contribution < -0.4 is 11.0 Å². The van der Waals surface area contributed by atoms with Crippen molar-refractivity contribution >= 4 is 11.7 Å². The van der Waals surface area contributed by atoms with E-state index >= 15 is 0 Å². The lowest BCUT2D eigenvalue weighted by Gasteiger charge is -2.20. The molecule has 1 aromatic heterocycles. The molecule has 0 saturated heterocycles. The summed E-state index contributed by atoms with van der Waals surface area (Å²) in [6, 6.07) is -0.241. The number of rotatable bonds is 5. The summed E-state index contributed by atoms with van der Waals surface area (Å²) >= 11 is 0. The van der Waals surface area contributed by atoms with E-state index in [0.29, 0.717) is 18.4 Å². The maximum Gasteiger partial charge on any atom is 0.349 e. The van der Waals surface area contributed by atoms with Gasteiger partial charge in [-0.15, -0.1) is 0 Å². The number of carbonyl (C=O) groups is 1. The molecule has 0 bridgehead atoms. The monoisotopic (exact) mass is 353 g/mol. The maximum atomic E-state index is 12.4. The molecule has 1 aromatic rings. The fourth-order valence-corrected chi connectivity index (χ4v) is 2.93. The summed E-state index contributed by atoms with van der Waals surface area (Å²) < 4.78 is 6.62. The van der Waals surface area contributed by atoms with Crippen molar-refractivity contribution in [1.29, 1.82) is 0 Å². The Labute approximate surface area is 146 Å². The number of aliphatic hydroxyl groups is 2. The minimum Gasteiger partial charge on any atom is -0.396 e. The van der Waals surface area contributed by atoms with Crippen molar-refractivity contribution in [2.24, 2.45) is 11.3 Å². The molecule has 25 heavy (non-hydrogen) atoms. The zero-order valence-electron chi connectivity index (χ0n) is 15.2. The average molecular weight is 353 g/mol. The number of amides is 1. The molecule has 3 N–H and O–H groups in total. The van der Waals surface area contributed by atoms with Gasteiger partial charge in [0.1, 0.15) is 5.82 Å². The molecule has 0 spiro atoms. The van der Waals surface area contributed by atoms with Crippen LogP contribution in [-0.2, 0) is 16.1 Å². The highest BCUT2D eigenvalue weighted by Crippen LogP contribution is 2.34. The van der Waals surface area contributed by atoms with Gasteiger partial charge < -0.3 is 20.3 Å². The normalized spacial score (nSPS) is 23.7. The lowest BCUT2D eigenvalue weighted by atomic mass is 9.96. The zero-order chi connectivity index (χ0) is 18.8. The van der Waals surface area contributed by atoms with E-state index in [-0.39, 0.29) is 36.9 Å². The Balaban J connectivity index is 2.34. The SMILES string of the molecule is COCc1cn([C@@H]2C[C@H](CO)[C@@H](O)C2)c(=O)nc1NC(=O)C(C)(C)C. The maximum absolute atomic E-state index is 12.4. The first-order valence-corrected chi connectivity index (χ1v) is 8.38. The Hall–Kier alpha value is -1.77. The second kappa shape index (κ2) is 7.63. The highest BCUT2D eigenvalue weighted by molar-refractivity contribution is 5.94. The summed E-state index contributed by atoms with van der Waals surface area (Å²) in [4.78, 5) is 28.7. The first kappa shape index (κ1) is 19.6. The molecule has 1 fully saturated rings. The van der Waals surface area contributed by atoms with Crippen LogP contribution in [0.5, 0.6) is 0 Å². The van der Waals surface area contributed by atoms with Gasteiger partial charge in [-0.3, -0.25) is 9.36 Å². The fourth-order valence-electron chi connectivity index (χ4n) is 2.93. The topological polar surface area (TPSA) is 114 Å². The number of carbonyl (C=O) groups excluding carboxylic acids is 1. The second-order valence-corrected chi connectivity index (χ2v) is 7.58. The fraction of sp³-hybridized carbons (Fsp3) is 0.706. The zero-order valence-corrected chi connectivity index (χ0v) is 15.2.